The third-order valence-corrected chi connectivity index (χ3v) is 3.46. The Kier molecular flexibility index (Phi) is 2.80. The maximum Gasteiger partial charge on any atom is 0.415 e. The molecule has 18 heavy (non-hydrogen) atoms. The normalized spacial score (nSPS) is 13.4. The predicted molar refractivity (Wildman–Crippen MR) is 68.6 cm³/mol. The summed E-state index contributed by atoms with van der Waals surface area (Å²) in [5.41, 5.74) is 1.82. The molecule has 3 nitrogen and oxygen atoms in total. The molecule has 0 bridgehead atoms. The topological polar surface area (TPSA) is 45.2 Å². The number of carbonyl (C=O) groups excluding carboxylic acids is 1. The molecule has 88 valence electrons. The van der Waals surface area contributed by atoms with Gasteiger partial charge in [0.05, 0.1) is 17.2 Å². The zero-order valence-electron chi connectivity index (χ0n) is 9.53. The molecule has 1 amide bonds. The highest BCUT2D eigenvalue weighted by Gasteiger charge is 2.25. The lowest BCUT2D eigenvalue weighted by atomic mass is 10.1. The van der Waals surface area contributed by atoms with Crippen LogP contribution in [0.5, 0.6) is 0 Å². The van der Waals surface area contributed by atoms with Crippen molar-refractivity contribution >= 4 is 27.4 Å². The maximum absolute atomic E-state index is 12.0. The van der Waals surface area contributed by atoms with Crippen LogP contribution >= 0.6 is 15.9 Å². The fourth-order valence-electron chi connectivity index (χ4n) is 2.10. The molecule has 1 aromatic heterocycles. The van der Waals surface area contributed by atoms with Crippen LogP contribution in [0.1, 0.15) is 5.69 Å². The van der Waals surface area contributed by atoms with Crippen LogP contribution in [0.3, 0.4) is 0 Å². The minimum Gasteiger partial charge on any atom is -0.215 e. The van der Waals surface area contributed by atoms with Gasteiger partial charge in [0.1, 0.15) is 0 Å². The minimum absolute atomic E-state index is 0.0136. The van der Waals surface area contributed by atoms with Gasteiger partial charge in [0, 0.05) is 22.7 Å². The minimum atomic E-state index is -0.0136. The Balaban J connectivity index is 2.14. The molecule has 4 heteroatoms. The van der Waals surface area contributed by atoms with Crippen molar-refractivity contribution in [3.05, 3.63) is 63.3 Å². The fraction of sp³-hybridized carbons (Fsp3) is 0.0714. The van der Waals surface area contributed by atoms with E-state index < -0.39 is 0 Å². The Morgan fingerprint density at radius 2 is 2.06 bits per heavy atom. The quantitative estimate of drug-likeness (QED) is 0.752. The van der Waals surface area contributed by atoms with Crippen LogP contribution in [0.25, 0.3) is 5.57 Å². The highest BCUT2D eigenvalue weighted by Crippen LogP contribution is 2.05. The fourth-order valence-corrected chi connectivity index (χ4v) is 2.46. The lowest BCUT2D eigenvalue weighted by molar-refractivity contribution is -0.407. The number of aromatic amines is 1. The molecule has 1 aromatic carbocycles. The molecule has 2 N–H and O–H groups in total. The van der Waals surface area contributed by atoms with Crippen LogP contribution in [0.4, 0.5) is 0 Å². The van der Waals surface area contributed by atoms with E-state index in [0.29, 0.717) is 6.42 Å². The smallest absolute Gasteiger partial charge is 0.215 e. The number of amides is 1. The number of benzene rings is 1. The molecule has 0 radical (unpaired) electrons. The molecule has 0 aliphatic carbocycles. The van der Waals surface area contributed by atoms with Crippen LogP contribution in [0.2, 0.25) is 0 Å². The molecular formula is C14H11BrN2O+2. The number of nitrogens with one attached hydrogen (secondary N) is 2. The molecule has 1 aliphatic rings. The first-order chi connectivity index (χ1) is 8.74. The van der Waals surface area contributed by atoms with Gasteiger partial charge >= 0.3 is 5.91 Å². The number of hydrogen-bond acceptors (Lipinski definition) is 1. The summed E-state index contributed by atoms with van der Waals surface area (Å²) in [7, 11) is 0. The van der Waals surface area contributed by atoms with Gasteiger partial charge < -0.3 is 0 Å². The molecule has 0 fully saturated rings. The van der Waals surface area contributed by atoms with Crippen molar-refractivity contribution in [1.82, 2.24) is 0 Å². The van der Waals surface area contributed by atoms with E-state index in [4.69, 9.17) is 0 Å². The van der Waals surface area contributed by atoms with Crippen LogP contribution < -0.4 is 20.6 Å². The van der Waals surface area contributed by atoms with Gasteiger partial charge in [-0.1, -0.05) is 22.0 Å². The molecule has 0 unspecified atom stereocenters. The third kappa shape index (κ3) is 1.99. The lowest BCUT2D eigenvalue weighted by Crippen LogP contribution is -2.79. The maximum atomic E-state index is 12.0. The first-order valence-corrected chi connectivity index (χ1v) is 6.46. The van der Waals surface area contributed by atoms with Crippen molar-refractivity contribution in [3.63, 3.8) is 0 Å². The summed E-state index contributed by atoms with van der Waals surface area (Å²) in [4.78, 5) is 18.0. The number of H-pyrrole nitrogens is 1. The van der Waals surface area contributed by atoms with E-state index in [2.05, 4.69) is 25.9 Å². The summed E-state index contributed by atoms with van der Waals surface area (Å²) < 4.78 is 0.979. The SMILES string of the molecule is O=C1[NH+]=c2ccc(Br)cc2=C1Cc1cccc[nH+]1. The van der Waals surface area contributed by atoms with E-state index >= 15 is 0 Å². The second-order valence-corrected chi connectivity index (χ2v) is 5.10. The summed E-state index contributed by atoms with van der Waals surface area (Å²) in [5.74, 6) is -0.0136. The van der Waals surface area contributed by atoms with Crippen molar-refractivity contribution < 1.29 is 14.8 Å². The van der Waals surface area contributed by atoms with E-state index in [0.717, 1.165) is 26.3 Å². The van der Waals surface area contributed by atoms with Crippen molar-refractivity contribution in [2.24, 2.45) is 0 Å². The van der Waals surface area contributed by atoms with E-state index in [1.165, 1.54) is 0 Å². The number of pyridine rings is 1. The summed E-state index contributed by atoms with van der Waals surface area (Å²) in [6.45, 7) is 0. The Hall–Kier alpha value is -1.81. The predicted octanol–water partition coefficient (Wildman–Crippen LogP) is -1.10. The second kappa shape index (κ2) is 4.46. The number of hydrogen-bond donors (Lipinski definition) is 1. The van der Waals surface area contributed by atoms with Gasteiger partial charge in [0.15, 0.2) is 11.9 Å². The molecule has 2 aromatic rings. The number of rotatable bonds is 2. The average Bonchev–Trinajstić information content (AvgIpc) is 2.67. The Morgan fingerprint density at radius 3 is 2.83 bits per heavy atom. The Morgan fingerprint density at radius 1 is 1.17 bits per heavy atom. The van der Waals surface area contributed by atoms with Crippen molar-refractivity contribution in [3.8, 4) is 0 Å². The van der Waals surface area contributed by atoms with Crippen molar-refractivity contribution in [2.75, 3.05) is 0 Å². The van der Waals surface area contributed by atoms with Crippen LogP contribution in [0, 0.1) is 0 Å². The van der Waals surface area contributed by atoms with Crippen molar-refractivity contribution in [1.29, 1.82) is 0 Å². The summed E-state index contributed by atoms with van der Waals surface area (Å²) >= 11 is 3.44. The van der Waals surface area contributed by atoms with Crippen molar-refractivity contribution in [2.45, 2.75) is 6.42 Å². The first-order valence-electron chi connectivity index (χ1n) is 5.67. The molecular weight excluding hydrogens is 292 g/mol. The largest absolute Gasteiger partial charge is 0.415 e. The average molecular weight is 303 g/mol. The van der Waals surface area contributed by atoms with Gasteiger partial charge in [0.25, 0.3) is 0 Å². The van der Waals surface area contributed by atoms with Crippen LogP contribution in [-0.4, -0.2) is 5.91 Å². The van der Waals surface area contributed by atoms with E-state index in [1.807, 2.05) is 42.6 Å². The summed E-state index contributed by atoms with van der Waals surface area (Å²) in [6.07, 6.45) is 2.47. The zero-order valence-corrected chi connectivity index (χ0v) is 11.1. The van der Waals surface area contributed by atoms with Gasteiger partial charge in [0.2, 0.25) is 5.36 Å². The lowest BCUT2D eigenvalue weighted by Gasteiger charge is -1.92. The zero-order chi connectivity index (χ0) is 12.5. The number of fused-ring (bicyclic) bond motifs is 1. The van der Waals surface area contributed by atoms with E-state index in [1.54, 1.807) is 0 Å². The molecule has 2 heterocycles. The van der Waals surface area contributed by atoms with Crippen LogP contribution in [0.15, 0.2) is 47.1 Å². The standard InChI is InChI=1S/C14H9BrN2O/c15-9-4-5-13-11(7-9)12(14(18)17-13)8-10-3-1-2-6-16-10/h1-7H,8H2/p+2. The Bertz CT molecular complexity index is 738. The summed E-state index contributed by atoms with van der Waals surface area (Å²) in [5, 5.41) is 1.86. The van der Waals surface area contributed by atoms with Gasteiger partial charge in [-0.05, 0) is 12.1 Å². The van der Waals surface area contributed by atoms with Crippen LogP contribution in [-0.2, 0) is 11.2 Å². The highest BCUT2D eigenvalue weighted by atomic mass is 79.9. The highest BCUT2D eigenvalue weighted by molar-refractivity contribution is 9.10. The molecule has 0 saturated heterocycles. The molecule has 0 atom stereocenters. The third-order valence-electron chi connectivity index (χ3n) is 2.97. The van der Waals surface area contributed by atoms with Gasteiger partial charge in [-0.25, -0.2) is 9.78 Å². The molecule has 0 spiro atoms. The van der Waals surface area contributed by atoms with Gasteiger partial charge in [-0.3, -0.25) is 0 Å². The monoisotopic (exact) mass is 302 g/mol. The Labute approximate surface area is 112 Å². The molecule has 1 aliphatic heterocycles. The van der Waals surface area contributed by atoms with Gasteiger partial charge in [-0.2, -0.15) is 4.99 Å². The summed E-state index contributed by atoms with van der Waals surface area (Å²) in [6, 6.07) is 11.7. The number of aromatic nitrogens is 1. The van der Waals surface area contributed by atoms with E-state index in [-0.39, 0.29) is 5.91 Å². The number of carbonyl (C=O) groups is 1. The van der Waals surface area contributed by atoms with Gasteiger partial charge in [-0.15, -0.1) is 0 Å². The van der Waals surface area contributed by atoms with E-state index in [9.17, 15) is 4.79 Å². The number of halogens is 1. The second-order valence-electron chi connectivity index (χ2n) is 4.19. The molecule has 3 rings (SSSR count). The first kappa shape index (κ1) is 11.3. The molecule has 0 saturated carbocycles.